The van der Waals surface area contributed by atoms with Crippen LogP contribution in [0.5, 0.6) is 5.75 Å². The third kappa shape index (κ3) is 8.40. The molecule has 3 aromatic rings. The summed E-state index contributed by atoms with van der Waals surface area (Å²) in [5.41, 5.74) is 3.80. The van der Waals surface area contributed by atoms with Crippen molar-refractivity contribution in [3.8, 4) is 16.9 Å². The lowest BCUT2D eigenvalue weighted by molar-refractivity contribution is -0.139. The minimum absolute atomic E-state index is 0.00771. The number of nitrogens with zero attached hydrogens (tertiary/aromatic N) is 1. The lowest BCUT2D eigenvalue weighted by Gasteiger charge is -2.24. The van der Waals surface area contributed by atoms with E-state index in [4.69, 9.17) is 9.47 Å². The number of methoxy groups -OCH3 is 1. The third-order valence-corrected chi connectivity index (χ3v) is 8.40. The molecular formula is C32H38N2O7S. The smallest absolute Gasteiger partial charge is 0.326 e. The SMILES string of the molecule is COC[C@@H]1CC(Oc2ccccc2)CN1Cc1ccc(C(=O)N[C@@H](CCS(C)(=O)=O)C(=O)O)c(-c2ccccc2C)c1. The van der Waals surface area contributed by atoms with Crippen molar-refractivity contribution in [1.29, 1.82) is 0 Å². The van der Waals surface area contributed by atoms with Gasteiger partial charge in [-0.2, -0.15) is 0 Å². The van der Waals surface area contributed by atoms with Crippen LogP contribution < -0.4 is 10.1 Å². The van der Waals surface area contributed by atoms with Crippen molar-refractivity contribution in [3.05, 3.63) is 89.5 Å². The molecule has 1 heterocycles. The molecule has 1 aliphatic rings. The quantitative estimate of drug-likeness (QED) is 0.305. The molecule has 42 heavy (non-hydrogen) atoms. The number of carboxylic acids is 1. The van der Waals surface area contributed by atoms with Gasteiger partial charge in [0.05, 0.1) is 12.4 Å². The highest BCUT2D eigenvalue weighted by molar-refractivity contribution is 7.90. The topological polar surface area (TPSA) is 122 Å². The van der Waals surface area contributed by atoms with Gasteiger partial charge >= 0.3 is 5.97 Å². The number of hydrogen-bond donors (Lipinski definition) is 2. The molecule has 0 spiro atoms. The number of amides is 1. The van der Waals surface area contributed by atoms with Crippen molar-refractivity contribution in [2.24, 2.45) is 0 Å². The van der Waals surface area contributed by atoms with E-state index in [0.717, 1.165) is 35.1 Å². The standard InChI is InChI=1S/C32H38N2O7S/c1-22-9-7-8-12-27(22)29-17-23(13-14-28(29)31(35)33-30(32(36)37)15-16-42(3,38)39)19-34-20-26(18-24(34)21-40-2)41-25-10-5-4-6-11-25/h4-14,17,24,26,30H,15-16,18-21H2,1-3H3,(H,33,35)(H,36,37)/t24-,26?,30-/m0/s1. The average molecular weight is 595 g/mol. The summed E-state index contributed by atoms with van der Waals surface area (Å²) in [5.74, 6) is -1.38. The fraction of sp³-hybridized carbons (Fsp3) is 0.375. The summed E-state index contributed by atoms with van der Waals surface area (Å²) in [6, 6.07) is 21.8. The average Bonchev–Trinajstić information content (AvgIpc) is 3.31. The Labute approximate surface area is 247 Å². The van der Waals surface area contributed by atoms with Gasteiger partial charge in [-0.1, -0.05) is 48.5 Å². The highest BCUT2D eigenvalue weighted by Crippen LogP contribution is 2.31. The van der Waals surface area contributed by atoms with Gasteiger partial charge in [0.1, 0.15) is 27.7 Å². The molecule has 1 unspecified atom stereocenters. The number of hydrogen-bond acceptors (Lipinski definition) is 7. The van der Waals surface area contributed by atoms with Crippen molar-refractivity contribution >= 4 is 21.7 Å². The van der Waals surface area contributed by atoms with Crippen LogP contribution in [0.2, 0.25) is 0 Å². The molecule has 10 heteroatoms. The maximum absolute atomic E-state index is 13.4. The predicted molar refractivity (Wildman–Crippen MR) is 161 cm³/mol. The molecule has 224 valence electrons. The number of aliphatic carboxylic acids is 1. The second kappa shape index (κ2) is 14.0. The number of aryl methyl sites for hydroxylation is 1. The van der Waals surface area contributed by atoms with Gasteiger partial charge in [-0.25, -0.2) is 13.2 Å². The highest BCUT2D eigenvalue weighted by Gasteiger charge is 2.33. The van der Waals surface area contributed by atoms with Crippen LogP contribution in [0, 0.1) is 6.92 Å². The van der Waals surface area contributed by atoms with Crippen molar-refractivity contribution in [2.75, 3.05) is 32.3 Å². The van der Waals surface area contributed by atoms with E-state index in [1.54, 1.807) is 13.2 Å². The first-order valence-electron chi connectivity index (χ1n) is 13.9. The van der Waals surface area contributed by atoms with Crippen molar-refractivity contribution < 1.29 is 32.6 Å². The summed E-state index contributed by atoms with van der Waals surface area (Å²) in [5, 5.41) is 12.2. The number of ether oxygens (including phenoxy) is 2. The molecule has 1 fully saturated rings. The Balaban J connectivity index is 1.60. The molecule has 1 amide bonds. The molecule has 4 rings (SSSR count). The first-order chi connectivity index (χ1) is 20.0. The monoisotopic (exact) mass is 594 g/mol. The van der Waals surface area contributed by atoms with Gasteiger partial charge in [0, 0.05) is 44.5 Å². The lowest BCUT2D eigenvalue weighted by Crippen LogP contribution is -2.42. The minimum Gasteiger partial charge on any atom is -0.489 e. The molecule has 1 aliphatic heterocycles. The maximum Gasteiger partial charge on any atom is 0.326 e. The summed E-state index contributed by atoms with van der Waals surface area (Å²) >= 11 is 0. The van der Waals surface area contributed by atoms with Crippen molar-refractivity contribution in [3.63, 3.8) is 0 Å². The maximum atomic E-state index is 13.4. The van der Waals surface area contributed by atoms with Crippen molar-refractivity contribution in [2.45, 2.75) is 44.5 Å². The van der Waals surface area contributed by atoms with Crippen LogP contribution in [0.15, 0.2) is 72.8 Å². The third-order valence-electron chi connectivity index (χ3n) is 7.42. The Bertz CT molecular complexity index is 1490. The first-order valence-corrected chi connectivity index (χ1v) is 15.9. The van der Waals surface area contributed by atoms with Crippen LogP contribution in [0.3, 0.4) is 0 Å². The lowest BCUT2D eigenvalue weighted by atomic mass is 9.93. The zero-order chi connectivity index (χ0) is 30.3. The van der Waals surface area contributed by atoms with E-state index < -0.39 is 27.8 Å². The van der Waals surface area contributed by atoms with Crippen LogP contribution in [-0.4, -0.2) is 80.8 Å². The predicted octanol–water partition coefficient (Wildman–Crippen LogP) is 3.95. The van der Waals surface area contributed by atoms with Crippen LogP contribution >= 0.6 is 0 Å². The second-order valence-electron chi connectivity index (χ2n) is 10.8. The molecular weight excluding hydrogens is 556 g/mol. The van der Waals surface area contributed by atoms with Gasteiger partial charge in [-0.05, 0) is 59.9 Å². The van der Waals surface area contributed by atoms with Crippen LogP contribution in [0.4, 0.5) is 0 Å². The zero-order valence-electron chi connectivity index (χ0n) is 24.2. The highest BCUT2D eigenvalue weighted by atomic mass is 32.2. The Morgan fingerprint density at radius 1 is 1.05 bits per heavy atom. The molecule has 3 atom stereocenters. The van der Waals surface area contributed by atoms with Crippen LogP contribution in [-0.2, 0) is 25.9 Å². The first kappa shape index (κ1) is 31.2. The largest absolute Gasteiger partial charge is 0.489 e. The van der Waals surface area contributed by atoms with Gasteiger partial charge in [0.25, 0.3) is 5.91 Å². The number of sulfone groups is 1. The number of nitrogens with one attached hydrogen (secondary N) is 1. The Morgan fingerprint density at radius 2 is 1.76 bits per heavy atom. The number of likely N-dealkylation sites (tertiary alicyclic amines) is 1. The van der Waals surface area contributed by atoms with Gasteiger partial charge in [-0.15, -0.1) is 0 Å². The van der Waals surface area contributed by atoms with Gasteiger partial charge in [0.2, 0.25) is 0 Å². The van der Waals surface area contributed by atoms with E-state index in [2.05, 4.69) is 10.2 Å². The van der Waals surface area contributed by atoms with E-state index in [-0.39, 0.29) is 24.3 Å². The molecule has 0 saturated carbocycles. The molecule has 3 aromatic carbocycles. The summed E-state index contributed by atoms with van der Waals surface area (Å²) in [6.45, 7) is 3.83. The molecule has 0 bridgehead atoms. The number of rotatable bonds is 13. The van der Waals surface area contributed by atoms with Gasteiger partial charge in [0.15, 0.2) is 0 Å². The Kier molecular flexibility index (Phi) is 10.4. The molecule has 0 aromatic heterocycles. The fourth-order valence-corrected chi connectivity index (χ4v) is 5.98. The zero-order valence-corrected chi connectivity index (χ0v) is 25.0. The summed E-state index contributed by atoms with van der Waals surface area (Å²) < 4.78 is 35.0. The van der Waals surface area contributed by atoms with Gasteiger partial charge in [-0.3, -0.25) is 9.69 Å². The van der Waals surface area contributed by atoms with E-state index >= 15 is 0 Å². The fourth-order valence-electron chi connectivity index (χ4n) is 5.32. The molecule has 2 N–H and O–H groups in total. The molecule has 1 saturated heterocycles. The number of carboxylic acid groups (broad SMARTS) is 1. The van der Waals surface area contributed by atoms with Crippen LogP contribution in [0.25, 0.3) is 11.1 Å². The number of para-hydroxylation sites is 1. The summed E-state index contributed by atoms with van der Waals surface area (Å²) in [7, 11) is -1.71. The van der Waals surface area contributed by atoms with E-state index in [1.807, 2.05) is 73.7 Å². The number of benzene rings is 3. The minimum atomic E-state index is -3.39. The van der Waals surface area contributed by atoms with Crippen molar-refractivity contribution in [1.82, 2.24) is 10.2 Å². The molecule has 9 nitrogen and oxygen atoms in total. The number of carbonyl (C=O) groups is 2. The van der Waals surface area contributed by atoms with E-state index in [9.17, 15) is 23.1 Å². The van der Waals surface area contributed by atoms with Gasteiger partial charge < -0.3 is 19.9 Å². The summed E-state index contributed by atoms with van der Waals surface area (Å²) in [6.07, 6.45) is 1.64. The summed E-state index contributed by atoms with van der Waals surface area (Å²) in [4.78, 5) is 27.6. The number of carbonyl (C=O) groups excluding carboxylic acids is 1. The normalized spacial score (nSPS) is 18.0. The Hall–Kier alpha value is -3.73. The van der Waals surface area contributed by atoms with E-state index in [0.29, 0.717) is 30.8 Å². The molecule has 0 aliphatic carbocycles. The van der Waals surface area contributed by atoms with Crippen LogP contribution in [0.1, 0.15) is 34.3 Å². The Morgan fingerprint density at radius 3 is 2.43 bits per heavy atom. The molecule has 0 radical (unpaired) electrons. The van der Waals surface area contributed by atoms with E-state index in [1.165, 1.54) is 0 Å². The second-order valence-corrected chi connectivity index (χ2v) is 13.1.